The molecule has 2 aromatic heterocycles. The molecule has 166 valence electrons. The largest absolute Gasteiger partial charge is 0.461 e. The SMILES string of the molecule is CCOC(=O)c1[nH]c2c(C3CCN(S(C)(=O)=O)CC3)csc2c1-c1cc(Cl)cc(Cl)c1. The topological polar surface area (TPSA) is 79.5 Å². The van der Waals surface area contributed by atoms with Crippen LogP contribution in [0.4, 0.5) is 0 Å². The first-order valence-electron chi connectivity index (χ1n) is 9.90. The number of fused-ring (bicyclic) bond motifs is 1. The van der Waals surface area contributed by atoms with E-state index in [1.807, 2.05) is 0 Å². The number of thiophene rings is 1. The standard InChI is InChI=1S/C21H22Cl2N2O4S2/c1-3-29-21(26)19-17(13-8-14(22)10-15(23)9-13)20-18(24-19)16(11-30-20)12-4-6-25(7-5-12)31(2,27)28/h8-12,24H,3-7H2,1-2H3. The van der Waals surface area contributed by atoms with Crippen molar-refractivity contribution in [2.24, 2.45) is 0 Å². The van der Waals surface area contributed by atoms with Crippen molar-refractivity contribution in [2.75, 3.05) is 26.0 Å². The Morgan fingerprint density at radius 1 is 1.23 bits per heavy atom. The fourth-order valence-corrected chi connectivity index (χ4v) is 6.69. The van der Waals surface area contributed by atoms with Crippen molar-refractivity contribution in [2.45, 2.75) is 25.7 Å². The first-order valence-corrected chi connectivity index (χ1v) is 13.4. The van der Waals surface area contributed by atoms with Crippen LogP contribution in [0.1, 0.15) is 41.7 Å². The maximum Gasteiger partial charge on any atom is 0.355 e. The monoisotopic (exact) mass is 500 g/mol. The Morgan fingerprint density at radius 2 is 1.87 bits per heavy atom. The van der Waals surface area contributed by atoms with Gasteiger partial charge in [0.05, 0.1) is 23.1 Å². The number of halogens is 2. The number of aromatic amines is 1. The van der Waals surface area contributed by atoms with Crippen LogP contribution < -0.4 is 0 Å². The van der Waals surface area contributed by atoms with E-state index in [0.717, 1.165) is 39.7 Å². The maximum absolute atomic E-state index is 12.7. The summed E-state index contributed by atoms with van der Waals surface area (Å²) < 4.78 is 31.4. The first-order chi connectivity index (χ1) is 14.7. The number of benzene rings is 1. The second-order valence-electron chi connectivity index (χ2n) is 7.59. The van der Waals surface area contributed by atoms with E-state index in [4.69, 9.17) is 27.9 Å². The maximum atomic E-state index is 12.7. The number of piperidine rings is 1. The molecule has 4 rings (SSSR count). The van der Waals surface area contributed by atoms with Crippen LogP contribution in [-0.2, 0) is 14.8 Å². The molecule has 10 heteroatoms. The molecule has 0 saturated carbocycles. The van der Waals surface area contributed by atoms with Gasteiger partial charge in [0.15, 0.2) is 0 Å². The van der Waals surface area contributed by atoms with Gasteiger partial charge in [0.25, 0.3) is 0 Å². The minimum absolute atomic E-state index is 0.205. The average molecular weight is 501 g/mol. The number of aromatic nitrogens is 1. The molecule has 1 aliphatic rings. The lowest BCUT2D eigenvalue weighted by Gasteiger charge is -2.29. The van der Waals surface area contributed by atoms with Gasteiger partial charge in [-0.15, -0.1) is 11.3 Å². The number of carbonyl (C=O) groups excluding carboxylic acids is 1. The molecule has 1 fully saturated rings. The van der Waals surface area contributed by atoms with Gasteiger partial charge < -0.3 is 9.72 Å². The Bertz CT molecular complexity index is 1220. The van der Waals surface area contributed by atoms with E-state index in [0.29, 0.717) is 28.8 Å². The first kappa shape index (κ1) is 22.6. The lowest BCUT2D eigenvalue weighted by molar-refractivity contribution is 0.0521. The zero-order chi connectivity index (χ0) is 22.3. The van der Waals surface area contributed by atoms with Crippen LogP contribution in [0, 0.1) is 0 Å². The molecule has 0 amide bonds. The Labute approximate surface area is 195 Å². The third-order valence-corrected chi connectivity index (χ3v) is 8.30. The smallest absolute Gasteiger partial charge is 0.355 e. The van der Waals surface area contributed by atoms with Crippen LogP contribution in [-0.4, -0.2) is 49.6 Å². The van der Waals surface area contributed by atoms with Crippen molar-refractivity contribution < 1.29 is 17.9 Å². The van der Waals surface area contributed by atoms with Crippen molar-refractivity contribution in [3.63, 3.8) is 0 Å². The number of hydrogen-bond acceptors (Lipinski definition) is 5. The van der Waals surface area contributed by atoms with Crippen molar-refractivity contribution >= 4 is 60.7 Å². The number of H-pyrrole nitrogens is 1. The summed E-state index contributed by atoms with van der Waals surface area (Å²) in [4.78, 5) is 16.0. The Hall–Kier alpha value is -1.58. The van der Waals surface area contributed by atoms with Gasteiger partial charge in [-0.1, -0.05) is 23.2 Å². The minimum Gasteiger partial charge on any atom is -0.461 e. The van der Waals surface area contributed by atoms with Gasteiger partial charge in [-0.3, -0.25) is 0 Å². The number of esters is 1. The van der Waals surface area contributed by atoms with Gasteiger partial charge in [0.2, 0.25) is 10.0 Å². The van der Waals surface area contributed by atoms with Crippen LogP contribution in [0.2, 0.25) is 10.0 Å². The number of nitrogens with one attached hydrogen (secondary N) is 1. The van der Waals surface area contributed by atoms with E-state index in [1.165, 1.54) is 10.6 Å². The molecule has 3 aromatic rings. The van der Waals surface area contributed by atoms with Crippen LogP contribution in [0.25, 0.3) is 21.3 Å². The Kier molecular flexibility index (Phi) is 6.38. The molecular formula is C21H22Cl2N2O4S2. The van der Waals surface area contributed by atoms with Gasteiger partial charge in [-0.2, -0.15) is 0 Å². The van der Waals surface area contributed by atoms with Crippen molar-refractivity contribution in [1.82, 2.24) is 9.29 Å². The van der Waals surface area contributed by atoms with Gasteiger partial charge in [-0.25, -0.2) is 17.5 Å². The quantitative estimate of drug-likeness (QED) is 0.467. The number of carbonyl (C=O) groups is 1. The van der Waals surface area contributed by atoms with Crippen LogP contribution in [0.15, 0.2) is 23.6 Å². The highest BCUT2D eigenvalue weighted by atomic mass is 35.5. The van der Waals surface area contributed by atoms with Gasteiger partial charge in [0, 0.05) is 28.7 Å². The fourth-order valence-electron chi connectivity index (χ4n) is 4.11. The van der Waals surface area contributed by atoms with E-state index >= 15 is 0 Å². The van der Waals surface area contributed by atoms with Gasteiger partial charge in [-0.05, 0) is 60.4 Å². The Balaban J connectivity index is 1.78. The van der Waals surface area contributed by atoms with Crippen molar-refractivity contribution in [3.05, 3.63) is 44.9 Å². The molecule has 1 aromatic carbocycles. The van der Waals surface area contributed by atoms with Crippen LogP contribution in [0.3, 0.4) is 0 Å². The third kappa shape index (κ3) is 4.50. The molecule has 3 heterocycles. The van der Waals surface area contributed by atoms with Crippen molar-refractivity contribution in [1.29, 1.82) is 0 Å². The highest BCUT2D eigenvalue weighted by Crippen LogP contribution is 2.43. The van der Waals surface area contributed by atoms with Crippen molar-refractivity contribution in [3.8, 4) is 11.1 Å². The summed E-state index contributed by atoms with van der Waals surface area (Å²) >= 11 is 14.0. The van der Waals surface area contributed by atoms with E-state index in [2.05, 4.69) is 10.4 Å². The zero-order valence-corrected chi connectivity index (χ0v) is 20.2. The minimum atomic E-state index is -3.18. The molecule has 0 atom stereocenters. The molecule has 0 unspecified atom stereocenters. The van der Waals surface area contributed by atoms with E-state index in [-0.39, 0.29) is 12.5 Å². The molecule has 31 heavy (non-hydrogen) atoms. The summed E-state index contributed by atoms with van der Waals surface area (Å²) in [5.74, 6) is -0.230. The molecule has 1 aliphatic heterocycles. The summed E-state index contributed by atoms with van der Waals surface area (Å²) in [5.41, 5.74) is 3.82. The third-order valence-electron chi connectivity index (χ3n) is 5.54. The van der Waals surface area contributed by atoms with Crippen LogP contribution >= 0.6 is 34.5 Å². The lowest BCUT2D eigenvalue weighted by Crippen LogP contribution is -2.37. The van der Waals surface area contributed by atoms with Gasteiger partial charge in [0.1, 0.15) is 5.69 Å². The molecule has 0 spiro atoms. The normalized spacial score (nSPS) is 16.1. The van der Waals surface area contributed by atoms with E-state index in [9.17, 15) is 13.2 Å². The van der Waals surface area contributed by atoms with Crippen LogP contribution in [0.5, 0.6) is 0 Å². The second kappa shape index (κ2) is 8.75. The molecular weight excluding hydrogens is 479 g/mol. The summed E-state index contributed by atoms with van der Waals surface area (Å²) in [5, 5.41) is 3.06. The molecule has 0 radical (unpaired) electrons. The average Bonchev–Trinajstić information content (AvgIpc) is 3.26. The lowest BCUT2D eigenvalue weighted by atomic mass is 9.91. The molecule has 0 aliphatic carbocycles. The highest BCUT2D eigenvalue weighted by Gasteiger charge is 2.30. The molecule has 1 saturated heterocycles. The molecule has 0 bridgehead atoms. The summed E-state index contributed by atoms with van der Waals surface area (Å²) in [6.45, 7) is 3.00. The highest BCUT2D eigenvalue weighted by molar-refractivity contribution is 7.88. The Morgan fingerprint density at radius 3 is 2.45 bits per heavy atom. The van der Waals surface area contributed by atoms with E-state index < -0.39 is 16.0 Å². The second-order valence-corrected chi connectivity index (χ2v) is 11.3. The molecule has 1 N–H and O–H groups in total. The van der Waals surface area contributed by atoms with Gasteiger partial charge >= 0.3 is 5.97 Å². The molecule has 6 nitrogen and oxygen atoms in total. The number of rotatable bonds is 5. The predicted octanol–water partition coefficient (Wildman–Crippen LogP) is 5.52. The summed E-state index contributed by atoms with van der Waals surface area (Å²) in [6.07, 6.45) is 2.70. The zero-order valence-electron chi connectivity index (χ0n) is 17.1. The number of sulfonamides is 1. The summed E-state index contributed by atoms with van der Waals surface area (Å²) in [7, 11) is -3.18. The predicted molar refractivity (Wildman–Crippen MR) is 126 cm³/mol. The number of nitrogens with zero attached hydrogens (tertiary/aromatic N) is 1. The summed E-state index contributed by atoms with van der Waals surface area (Å²) in [6, 6.07) is 5.21. The number of ether oxygens (including phenoxy) is 1. The fraction of sp³-hybridized carbons (Fsp3) is 0.381. The number of hydrogen-bond donors (Lipinski definition) is 1. The van der Waals surface area contributed by atoms with E-state index in [1.54, 1.807) is 36.5 Å².